The van der Waals surface area contributed by atoms with Crippen molar-refractivity contribution in [3.05, 3.63) is 107 Å². The Balaban J connectivity index is 1.39. The number of halogens is 1. The van der Waals surface area contributed by atoms with E-state index in [4.69, 9.17) is 14.4 Å². The van der Waals surface area contributed by atoms with Gasteiger partial charge in [0.2, 0.25) is 0 Å². The quantitative estimate of drug-likeness (QED) is 0.309. The van der Waals surface area contributed by atoms with Gasteiger partial charge in [0, 0.05) is 12.0 Å². The maximum Gasteiger partial charge on any atom is 0.411 e. The second-order valence-electron chi connectivity index (χ2n) is 8.34. The van der Waals surface area contributed by atoms with Gasteiger partial charge in [0.1, 0.15) is 17.2 Å². The molecule has 0 radical (unpaired) electrons. The Kier molecular flexibility index (Phi) is 7.75. The summed E-state index contributed by atoms with van der Waals surface area (Å²) in [6.45, 7) is 1.73. The topological polar surface area (TPSA) is 102 Å². The molecule has 3 aromatic carbocycles. The summed E-state index contributed by atoms with van der Waals surface area (Å²) in [5.41, 5.74) is 4.89. The average Bonchev–Trinajstić information content (AvgIpc) is 3.20. The number of nitrogens with one attached hydrogen (secondary N) is 1. The van der Waals surface area contributed by atoms with Gasteiger partial charge in [-0.2, -0.15) is 0 Å². The van der Waals surface area contributed by atoms with Crippen molar-refractivity contribution in [3.8, 4) is 11.3 Å². The lowest BCUT2D eigenvalue weighted by Gasteiger charge is -2.09. The van der Waals surface area contributed by atoms with Crippen LogP contribution < -0.4 is 5.32 Å². The van der Waals surface area contributed by atoms with Gasteiger partial charge in [0.15, 0.2) is 5.76 Å². The van der Waals surface area contributed by atoms with Gasteiger partial charge in [-0.05, 0) is 41.7 Å². The molecule has 0 spiro atoms. The maximum absolute atomic E-state index is 13.7. The van der Waals surface area contributed by atoms with Gasteiger partial charge in [0.25, 0.3) is 0 Å². The summed E-state index contributed by atoms with van der Waals surface area (Å²) in [6, 6.07) is 21.5. The third-order valence-electron chi connectivity index (χ3n) is 5.62. The van der Waals surface area contributed by atoms with Crippen LogP contribution >= 0.6 is 0 Å². The Morgan fingerprint density at radius 3 is 2.50 bits per heavy atom. The summed E-state index contributed by atoms with van der Waals surface area (Å²) in [4.78, 5) is 23.3. The van der Waals surface area contributed by atoms with E-state index in [1.807, 2.05) is 42.5 Å². The third-order valence-corrected chi connectivity index (χ3v) is 5.62. The zero-order valence-corrected chi connectivity index (χ0v) is 19.7. The molecule has 36 heavy (non-hydrogen) atoms. The Hall–Kier alpha value is -4.46. The fourth-order valence-electron chi connectivity index (χ4n) is 3.84. The van der Waals surface area contributed by atoms with E-state index < -0.39 is 12.1 Å². The largest absolute Gasteiger partial charge is 0.481 e. The molecule has 7 nitrogen and oxygen atoms in total. The highest BCUT2D eigenvalue weighted by atomic mass is 19.1. The second kappa shape index (κ2) is 11.3. The summed E-state index contributed by atoms with van der Waals surface area (Å²) in [5, 5.41) is 15.6. The monoisotopic (exact) mass is 488 g/mol. The summed E-state index contributed by atoms with van der Waals surface area (Å²) in [5.74, 6) is -0.805. The first-order chi connectivity index (χ1) is 17.4. The highest BCUT2D eigenvalue weighted by Crippen LogP contribution is 2.31. The number of carboxylic acid groups (broad SMARTS) is 1. The van der Waals surface area contributed by atoms with Crippen molar-refractivity contribution in [1.82, 2.24) is 5.16 Å². The lowest BCUT2D eigenvalue weighted by molar-refractivity contribution is -0.136. The van der Waals surface area contributed by atoms with Gasteiger partial charge in [-0.3, -0.25) is 10.1 Å². The molecule has 184 valence electrons. The van der Waals surface area contributed by atoms with E-state index in [0.29, 0.717) is 29.1 Å². The summed E-state index contributed by atoms with van der Waals surface area (Å²) < 4.78 is 24.4. The SMILES string of the molecule is Cc1noc(-c2ccc(Cc3cccc(CC(=O)O)c3)cc2)c1NC(=O)OCCc1ccccc1F. The molecule has 1 amide bonds. The van der Waals surface area contributed by atoms with Crippen molar-refractivity contribution in [3.63, 3.8) is 0 Å². The zero-order valence-electron chi connectivity index (χ0n) is 19.7. The minimum Gasteiger partial charge on any atom is -0.481 e. The van der Waals surface area contributed by atoms with Crippen molar-refractivity contribution >= 4 is 17.7 Å². The lowest BCUT2D eigenvalue weighted by Crippen LogP contribution is -2.16. The number of rotatable bonds is 9. The summed E-state index contributed by atoms with van der Waals surface area (Å²) in [7, 11) is 0. The molecular formula is C28H25FN2O5. The molecule has 0 aliphatic rings. The number of hydrogen-bond donors (Lipinski definition) is 2. The molecule has 4 aromatic rings. The number of carbonyl (C=O) groups excluding carboxylic acids is 1. The molecule has 0 saturated heterocycles. The predicted octanol–water partition coefficient (Wildman–Crippen LogP) is 5.80. The third kappa shape index (κ3) is 6.35. The second-order valence-corrected chi connectivity index (χ2v) is 8.34. The van der Waals surface area contributed by atoms with Crippen LogP contribution in [0.4, 0.5) is 14.9 Å². The van der Waals surface area contributed by atoms with Gasteiger partial charge < -0.3 is 14.4 Å². The lowest BCUT2D eigenvalue weighted by atomic mass is 10.00. The molecular weight excluding hydrogens is 463 g/mol. The van der Waals surface area contributed by atoms with Crippen molar-refractivity contribution in [2.75, 3.05) is 11.9 Å². The highest BCUT2D eigenvalue weighted by Gasteiger charge is 2.18. The van der Waals surface area contributed by atoms with Gasteiger partial charge in [0.05, 0.1) is 13.0 Å². The number of aromatic nitrogens is 1. The molecule has 1 aromatic heterocycles. The number of ether oxygens (including phenoxy) is 1. The van der Waals surface area contributed by atoms with Crippen molar-refractivity contribution < 1.29 is 28.3 Å². The Labute approximate surface area is 207 Å². The van der Waals surface area contributed by atoms with Gasteiger partial charge in [-0.25, -0.2) is 9.18 Å². The molecule has 4 rings (SSSR count). The predicted molar refractivity (Wildman–Crippen MR) is 132 cm³/mol. The first-order valence-electron chi connectivity index (χ1n) is 11.4. The van der Waals surface area contributed by atoms with Crippen molar-refractivity contribution in [1.29, 1.82) is 0 Å². The van der Waals surface area contributed by atoms with Crippen molar-refractivity contribution in [2.24, 2.45) is 0 Å². The van der Waals surface area contributed by atoms with Crippen LogP contribution in [-0.2, 0) is 28.8 Å². The molecule has 1 heterocycles. The van der Waals surface area contributed by atoms with Crippen LogP contribution in [0, 0.1) is 12.7 Å². The van der Waals surface area contributed by atoms with Crippen LogP contribution in [-0.4, -0.2) is 28.9 Å². The molecule has 0 bridgehead atoms. The number of carboxylic acids is 1. The van der Waals surface area contributed by atoms with Gasteiger partial charge in [-0.15, -0.1) is 0 Å². The molecule has 0 saturated carbocycles. The van der Waals surface area contributed by atoms with Gasteiger partial charge >= 0.3 is 12.1 Å². The molecule has 0 aliphatic carbocycles. The summed E-state index contributed by atoms with van der Waals surface area (Å²) >= 11 is 0. The van der Waals surface area contributed by atoms with E-state index in [2.05, 4.69) is 10.5 Å². The number of nitrogens with zero attached hydrogens (tertiary/aromatic N) is 1. The number of benzene rings is 3. The number of carbonyl (C=O) groups is 2. The molecule has 0 unspecified atom stereocenters. The number of amides is 1. The Bertz CT molecular complexity index is 1360. The van der Waals surface area contributed by atoms with Crippen LogP contribution in [0.15, 0.2) is 77.3 Å². The van der Waals surface area contributed by atoms with Crippen molar-refractivity contribution in [2.45, 2.75) is 26.2 Å². The van der Waals surface area contributed by atoms with Crippen LogP contribution in [0.3, 0.4) is 0 Å². The highest BCUT2D eigenvalue weighted by molar-refractivity contribution is 5.90. The minimum atomic E-state index is -0.864. The van der Waals surface area contributed by atoms with E-state index >= 15 is 0 Å². The number of hydrogen-bond acceptors (Lipinski definition) is 5. The van der Waals surface area contributed by atoms with E-state index in [1.165, 1.54) is 6.07 Å². The maximum atomic E-state index is 13.7. The molecule has 0 fully saturated rings. The summed E-state index contributed by atoms with van der Waals surface area (Å²) in [6.07, 6.45) is 0.203. The van der Waals surface area contributed by atoms with Crippen LogP contribution in [0.1, 0.15) is 27.9 Å². The number of aryl methyl sites for hydroxylation is 1. The van der Waals surface area contributed by atoms with E-state index in [0.717, 1.165) is 22.3 Å². The molecule has 0 aliphatic heterocycles. The Morgan fingerprint density at radius 1 is 1.00 bits per heavy atom. The van der Waals surface area contributed by atoms with Crippen LogP contribution in [0.2, 0.25) is 0 Å². The van der Waals surface area contributed by atoms with E-state index in [1.54, 1.807) is 31.2 Å². The standard InChI is InChI=1S/C28H25FN2O5/c1-18-26(30-28(34)35-14-13-22-7-2-3-8-24(22)29)27(36-31-18)23-11-9-19(10-12-23)15-20-5-4-6-21(16-20)17-25(32)33/h2-12,16H,13-15,17H2,1H3,(H,30,34)(H,32,33). The number of aliphatic carboxylic acids is 1. The van der Waals surface area contributed by atoms with Crippen LogP contribution in [0.25, 0.3) is 11.3 Å². The van der Waals surface area contributed by atoms with E-state index in [9.17, 15) is 14.0 Å². The first-order valence-corrected chi connectivity index (χ1v) is 11.4. The smallest absolute Gasteiger partial charge is 0.411 e. The fraction of sp³-hybridized carbons (Fsp3) is 0.179. The molecule has 2 N–H and O–H groups in total. The van der Waals surface area contributed by atoms with Crippen LogP contribution in [0.5, 0.6) is 0 Å². The first kappa shape index (κ1) is 24.7. The van der Waals surface area contributed by atoms with E-state index in [-0.39, 0.29) is 25.3 Å². The van der Waals surface area contributed by atoms with Gasteiger partial charge in [-0.1, -0.05) is 71.9 Å². The number of anilines is 1. The normalized spacial score (nSPS) is 10.7. The zero-order chi connectivity index (χ0) is 25.5. The molecule has 8 heteroatoms. The molecule has 0 atom stereocenters. The average molecular weight is 489 g/mol. The Morgan fingerprint density at radius 2 is 1.75 bits per heavy atom. The fourth-order valence-corrected chi connectivity index (χ4v) is 3.84. The minimum absolute atomic E-state index is 0.0149.